The first-order valence-corrected chi connectivity index (χ1v) is 12.7. The molecule has 2 unspecified atom stereocenters. The SMILES string of the molecule is CCC(C)NC(=O)C(C)N(Cc1cccc(C)c1)C(=O)CN(c1cccc(F)c1)S(C)(=O)=O. The molecule has 9 heteroatoms. The highest BCUT2D eigenvalue weighted by molar-refractivity contribution is 7.92. The van der Waals surface area contributed by atoms with Gasteiger partial charge >= 0.3 is 0 Å². The summed E-state index contributed by atoms with van der Waals surface area (Å²) in [6, 6.07) is 11.6. The molecule has 0 aliphatic carbocycles. The fraction of sp³-hybridized carbons (Fsp3) is 0.417. The number of benzene rings is 2. The lowest BCUT2D eigenvalue weighted by molar-refractivity contribution is -0.139. The van der Waals surface area contributed by atoms with Gasteiger partial charge in [0.1, 0.15) is 18.4 Å². The number of rotatable bonds is 10. The van der Waals surface area contributed by atoms with Gasteiger partial charge in [0.25, 0.3) is 0 Å². The standard InChI is InChI=1S/C24H32FN3O4S/c1-6-18(3)26-24(30)19(4)27(15-20-10-7-9-17(2)13-20)23(29)16-28(33(5,31)32)22-12-8-11-21(25)14-22/h7-14,18-19H,6,15-16H2,1-5H3,(H,26,30). The zero-order valence-electron chi connectivity index (χ0n) is 19.7. The maximum atomic E-state index is 13.8. The summed E-state index contributed by atoms with van der Waals surface area (Å²) in [6.07, 6.45) is 1.68. The van der Waals surface area contributed by atoms with Crippen LogP contribution in [0.15, 0.2) is 48.5 Å². The number of hydrogen-bond acceptors (Lipinski definition) is 4. The normalized spacial score (nSPS) is 13.2. The molecular weight excluding hydrogens is 445 g/mol. The highest BCUT2D eigenvalue weighted by Crippen LogP contribution is 2.20. The van der Waals surface area contributed by atoms with E-state index >= 15 is 0 Å². The zero-order valence-corrected chi connectivity index (χ0v) is 20.5. The molecule has 1 N–H and O–H groups in total. The molecule has 0 spiro atoms. The van der Waals surface area contributed by atoms with Crippen molar-refractivity contribution in [3.8, 4) is 0 Å². The van der Waals surface area contributed by atoms with E-state index in [0.29, 0.717) is 0 Å². The van der Waals surface area contributed by atoms with E-state index < -0.39 is 34.3 Å². The second-order valence-corrected chi connectivity index (χ2v) is 10.2. The Bertz CT molecular complexity index is 1090. The third-order valence-electron chi connectivity index (χ3n) is 5.38. The van der Waals surface area contributed by atoms with Crippen LogP contribution in [-0.4, -0.2) is 50.0 Å². The van der Waals surface area contributed by atoms with Crippen molar-refractivity contribution < 1.29 is 22.4 Å². The molecule has 180 valence electrons. The minimum atomic E-state index is -3.89. The van der Waals surface area contributed by atoms with Gasteiger partial charge in [0.15, 0.2) is 0 Å². The summed E-state index contributed by atoms with van der Waals surface area (Å²) in [5.74, 6) is -1.52. The molecule has 0 saturated heterocycles. The van der Waals surface area contributed by atoms with Gasteiger partial charge in [-0.25, -0.2) is 12.8 Å². The van der Waals surface area contributed by atoms with E-state index in [1.165, 1.54) is 23.1 Å². The Kier molecular flexibility index (Phi) is 8.99. The number of hydrogen-bond donors (Lipinski definition) is 1. The average Bonchev–Trinajstić information content (AvgIpc) is 2.74. The Morgan fingerprint density at radius 2 is 1.76 bits per heavy atom. The lowest BCUT2D eigenvalue weighted by Crippen LogP contribution is -2.52. The second kappa shape index (κ2) is 11.3. The van der Waals surface area contributed by atoms with E-state index in [-0.39, 0.29) is 24.2 Å². The van der Waals surface area contributed by atoms with Gasteiger partial charge in [0.05, 0.1) is 11.9 Å². The van der Waals surface area contributed by atoms with Crippen LogP contribution in [0.3, 0.4) is 0 Å². The van der Waals surface area contributed by atoms with Crippen LogP contribution in [0, 0.1) is 12.7 Å². The van der Waals surface area contributed by atoms with E-state index in [9.17, 15) is 22.4 Å². The molecule has 0 aromatic heterocycles. The molecule has 0 bridgehead atoms. The van der Waals surface area contributed by atoms with Gasteiger partial charge in [-0.15, -0.1) is 0 Å². The molecule has 33 heavy (non-hydrogen) atoms. The Morgan fingerprint density at radius 3 is 2.33 bits per heavy atom. The fourth-order valence-electron chi connectivity index (χ4n) is 3.30. The highest BCUT2D eigenvalue weighted by atomic mass is 32.2. The Morgan fingerprint density at radius 1 is 1.09 bits per heavy atom. The van der Waals surface area contributed by atoms with E-state index in [4.69, 9.17) is 0 Å². The van der Waals surface area contributed by atoms with Crippen molar-refractivity contribution in [3.63, 3.8) is 0 Å². The summed E-state index contributed by atoms with van der Waals surface area (Å²) in [5.41, 5.74) is 1.84. The highest BCUT2D eigenvalue weighted by Gasteiger charge is 2.30. The molecular formula is C24H32FN3O4S. The maximum Gasteiger partial charge on any atom is 0.244 e. The van der Waals surface area contributed by atoms with Crippen molar-refractivity contribution in [1.29, 1.82) is 0 Å². The third kappa shape index (κ3) is 7.56. The molecule has 2 atom stereocenters. The number of anilines is 1. The number of amides is 2. The predicted molar refractivity (Wildman–Crippen MR) is 128 cm³/mol. The van der Waals surface area contributed by atoms with Crippen LogP contribution in [0.5, 0.6) is 0 Å². The molecule has 7 nitrogen and oxygen atoms in total. The summed E-state index contributed by atoms with van der Waals surface area (Å²) in [4.78, 5) is 27.6. The monoisotopic (exact) mass is 477 g/mol. The molecule has 0 heterocycles. The molecule has 0 aliphatic rings. The van der Waals surface area contributed by atoms with Crippen molar-refractivity contribution in [3.05, 3.63) is 65.5 Å². The molecule has 2 aromatic carbocycles. The number of carbonyl (C=O) groups excluding carboxylic acids is 2. The summed E-state index contributed by atoms with van der Waals surface area (Å²) >= 11 is 0. The Labute approximate surface area is 195 Å². The van der Waals surface area contributed by atoms with Crippen molar-refractivity contribution in [2.24, 2.45) is 0 Å². The van der Waals surface area contributed by atoms with Gasteiger partial charge in [-0.05, 0) is 51.0 Å². The smallest absolute Gasteiger partial charge is 0.244 e. The van der Waals surface area contributed by atoms with Gasteiger partial charge < -0.3 is 10.2 Å². The van der Waals surface area contributed by atoms with Crippen LogP contribution in [-0.2, 0) is 26.2 Å². The van der Waals surface area contributed by atoms with Crippen molar-refractivity contribution in [2.75, 3.05) is 17.1 Å². The minimum Gasteiger partial charge on any atom is -0.352 e. The third-order valence-corrected chi connectivity index (χ3v) is 6.52. The van der Waals surface area contributed by atoms with Crippen LogP contribution in [0.4, 0.5) is 10.1 Å². The fourth-order valence-corrected chi connectivity index (χ4v) is 4.14. The van der Waals surface area contributed by atoms with E-state index in [1.807, 2.05) is 45.0 Å². The molecule has 2 amide bonds. The van der Waals surface area contributed by atoms with Gasteiger partial charge in [-0.1, -0.05) is 42.8 Å². The van der Waals surface area contributed by atoms with Crippen molar-refractivity contribution in [1.82, 2.24) is 10.2 Å². The molecule has 0 fully saturated rings. The van der Waals surface area contributed by atoms with Gasteiger partial charge in [-0.3, -0.25) is 13.9 Å². The van der Waals surface area contributed by atoms with Gasteiger partial charge in [0, 0.05) is 12.6 Å². The summed E-state index contributed by atoms with van der Waals surface area (Å²) in [7, 11) is -3.89. The first-order chi connectivity index (χ1) is 15.4. The quantitative estimate of drug-likeness (QED) is 0.569. The lowest BCUT2D eigenvalue weighted by atomic mass is 10.1. The number of nitrogens with zero attached hydrogens (tertiary/aromatic N) is 2. The van der Waals surface area contributed by atoms with Crippen LogP contribution < -0.4 is 9.62 Å². The van der Waals surface area contributed by atoms with Crippen molar-refractivity contribution >= 4 is 27.5 Å². The van der Waals surface area contributed by atoms with Crippen LogP contribution in [0.1, 0.15) is 38.3 Å². The average molecular weight is 478 g/mol. The Balaban J connectivity index is 2.38. The Hall–Kier alpha value is -2.94. The first-order valence-electron chi connectivity index (χ1n) is 10.8. The number of sulfonamides is 1. The molecule has 2 rings (SSSR count). The van der Waals surface area contributed by atoms with Crippen LogP contribution in [0.2, 0.25) is 0 Å². The zero-order chi connectivity index (χ0) is 24.8. The largest absolute Gasteiger partial charge is 0.352 e. The maximum absolute atomic E-state index is 13.8. The predicted octanol–water partition coefficient (Wildman–Crippen LogP) is 3.23. The van der Waals surface area contributed by atoms with E-state index in [0.717, 1.165) is 34.2 Å². The second-order valence-electron chi connectivity index (χ2n) is 8.25. The van der Waals surface area contributed by atoms with Crippen LogP contribution >= 0.6 is 0 Å². The molecule has 0 aliphatic heterocycles. The number of nitrogens with one attached hydrogen (secondary N) is 1. The van der Waals surface area contributed by atoms with Crippen molar-refractivity contribution in [2.45, 2.75) is 52.7 Å². The minimum absolute atomic E-state index is 0.0399. The van der Waals surface area contributed by atoms with Gasteiger partial charge in [0.2, 0.25) is 21.8 Å². The van der Waals surface area contributed by atoms with E-state index in [2.05, 4.69) is 5.32 Å². The summed E-state index contributed by atoms with van der Waals surface area (Å²) in [6.45, 7) is 6.90. The summed E-state index contributed by atoms with van der Waals surface area (Å²) < 4.78 is 39.5. The lowest BCUT2D eigenvalue weighted by Gasteiger charge is -2.32. The number of carbonyl (C=O) groups is 2. The number of halogens is 1. The molecule has 0 radical (unpaired) electrons. The first kappa shape index (κ1) is 26.3. The molecule has 0 saturated carbocycles. The van der Waals surface area contributed by atoms with Crippen LogP contribution in [0.25, 0.3) is 0 Å². The van der Waals surface area contributed by atoms with Gasteiger partial charge in [-0.2, -0.15) is 0 Å². The topological polar surface area (TPSA) is 86.8 Å². The number of aryl methyl sites for hydroxylation is 1. The molecule has 2 aromatic rings. The van der Waals surface area contributed by atoms with E-state index in [1.54, 1.807) is 6.92 Å². The summed E-state index contributed by atoms with van der Waals surface area (Å²) in [5, 5.41) is 2.87.